The van der Waals surface area contributed by atoms with Gasteiger partial charge in [-0.25, -0.2) is 9.99 Å². The monoisotopic (exact) mass is 278 g/mol. The third-order valence-corrected chi connectivity index (χ3v) is 3.47. The molecule has 1 aromatic carbocycles. The Morgan fingerprint density at radius 3 is 2.90 bits per heavy atom. The molecule has 4 rings (SSSR count). The predicted octanol–water partition coefficient (Wildman–Crippen LogP) is 2.90. The lowest BCUT2D eigenvalue weighted by Crippen LogP contribution is -2.27. The van der Waals surface area contributed by atoms with Crippen LogP contribution in [0.3, 0.4) is 0 Å². The van der Waals surface area contributed by atoms with E-state index in [1.807, 2.05) is 47.7 Å². The summed E-state index contributed by atoms with van der Waals surface area (Å²) in [6.07, 6.45) is 6.38. The van der Waals surface area contributed by atoms with Gasteiger partial charge in [0.25, 0.3) is 0 Å². The zero-order chi connectivity index (χ0) is 14.1. The zero-order valence-corrected chi connectivity index (χ0v) is 11.3. The molecule has 0 unspecified atom stereocenters. The van der Waals surface area contributed by atoms with Crippen molar-refractivity contribution in [2.45, 2.75) is 6.42 Å². The molecule has 0 radical (unpaired) electrons. The highest BCUT2D eigenvalue weighted by molar-refractivity contribution is 5.90. The van der Waals surface area contributed by atoms with Gasteiger partial charge in [0.15, 0.2) is 0 Å². The SMILES string of the molecule is C1=C(Cc2ccccc2)ONN1c1ccnc2[nH]ccc12. The van der Waals surface area contributed by atoms with Crippen molar-refractivity contribution in [3.63, 3.8) is 0 Å². The molecule has 1 aliphatic heterocycles. The number of anilines is 1. The molecule has 0 amide bonds. The first-order valence-electron chi connectivity index (χ1n) is 6.78. The fourth-order valence-electron chi connectivity index (χ4n) is 2.46. The molecule has 5 nitrogen and oxygen atoms in total. The molecule has 0 fully saturated rings. The Kier molecular flexibility index (Phi) is 2.83. The van der Waals surface area contributed by atoms with Gasteiger partial charge in [-0.05, 0) is 17.7 Å². The highest BCUT2D eigenvalue weighted by atomic mass is 16.7. The van der Waals surface area contributed by atoms with Crippen molar-refractivity contribution in [1.82, 2.24) is 15.6 Å². The van der Waals surface area contributed by atoms with Crippen molar-refractivity contribution in [2.24, 2.45) is 0 Å². The zero-order valence-electron chi connectivity index (χ0n) is 11.3. The van der Waals surface area contributed by atoms with E-state index >= 15 is 0 Å². The van der Waals surface area contributed by atoms with Crippen LogP contribution in [-0.4, -0.2) is 9.97 Å². The molecule has 5 heteroatoms. The van der Waals surface area contributed by atoms with Crippen molar-refractivity contribution in [1.29, 1.82) is 0 Å². The number of benzene rings is 1. The summed E-state index contributed by atoms with van der Waals surface area (Å²) in [5.41, 5.74) is 6.01. The van der Waals surface area contributed by atoms with E-state index < -0.39 is 0 Å². The molecule has 2 aromatic heterocycles. The lowest BCUT2D eigenvalue weighted by atomic mass is 10.1. The van der Waals surface area contributed by atoms with E-state index in [0.29, 0.717) is 0 Å². The fourth-order valence-corrected chi connectivity index (χ4v) is 2.46. The van der Waals surface area contributed by atoms with E-state index in [2.05, 4.69) is 27.7 Å². The Hall–Kier alpha value is -2.79. The van der Waals surface area contributed by atoms with E-state index in [1.165, 1.54) is 5.56 Å². The van der Waals surface area contributed by atoms with Crippen molar-refractivity contribution in [3.8, 4) is 0 Å². The largest absolute Gasteiger partial charge is 0.391 e. The highest BCUT2D eigenvalue weighted by Gasteiger charge is 2.17. The molecule has 2 N–H and O–H groups in total. The topological polar surface area (TPSA) is 53.2 Å². The summed E-state index contributed by atoms with van der Waals surface area (Å²) in [7, 11) is 0. The van der Waals surface area contributed by atoms with Crippen LogP contribution in [-0.2, 0) is 11.3 Å². The van der Waals surface area contributed by atoms with Gasteiger partial charge in [-0.1, -0.05) is 35.9 Å². The Morgan fingerprint density at radius 2 is 2.00 bits per heavy atom. The second-order valence-electron chi connectivity index (χ2n) is 4.89. The van der Waals surface area contributed by atoms with Crippen LogP contribution in [0.2, 0.25) is 0 Å². The molecule has 0 saturated carbocycles. The lowest BCUT2D eigenvalue weighted by Gasteiger charge is -2.14. The number of H-pyrrole nitrogens is 1. The van der Waals surface area contributed by atoms with E-state index in [0.717, 1.165) is 28.9 Å². The van der Waals surface area contributed by atoms with Crippen LogP contribution < -0.4 is 10.6 Å². The van der Waals surface area contributed by atoms with Gasteiger partial charge in [-0.2, -0.15) is 0 Å². The molecule has 0 bridgehead atoms. The van der Waals surface area contributed by atoms with Gasteiger partial charge in [-0.15, -0.1) is 0 Å². The second kappa shape index (κ2) is 4.96. The number of allylic oxidation sites excluding steroid dienone is 1. The molecule has 21 heavy (non-hydrogen) atoms. The molecule has 3 heterocycles. The smallest absolute Gasteiger partial charge is 0.148 e. The third kappa shape index (κ3) is 2.23. The minimum Gasteiger partial charge on any atom is -0.391 e. The lowest BCUT2D eigenvalue weighted by molar-refractivity contribution is 0.127. The summed E-state index contributed by atoms with van der Waals surface area (Å²) in [4.78, 5) is 13.0. The summed E-state index contributed by atoms with van der Waals surface area (Å²) < 4.78 is 0. The Morgan fingerprint density at radius 1 is 1.10 bits per heavy atom. The molecule has 1 aliphatic rings. The van der Waals surface area contributed by atoms with Crippen molar-refractivity contribution < 1.29 is 4.84 Å². The Labute approximate surface area is 121 Å². The number of aromatic nitrogens is 2. The molecule has 3 aromatic rings. The van der Waals surface area contributed by atoms with Crippen LogP contribution in [0.5, 0.6) is 0 Å². The van der Waals surface area contributed by atoms with Gasteiger partial charge in [-0.3, -0.25) is 0 Å². The minimum absolute atomic E-state index is 0.756. The number of hydrogen-bond acceptors (Lipinski definition) is 4. The summed E-state index contributed by atoms with van der Waals surface area (Å²) in [5.74, 6) is 0.877. The normalized spacial score (nSPS) is 14.3. The van der Waals surface area contributed by atoms with E-state index in [4.69, 9.17) is 4.84 Å². The highest BCUT2D eigenvalue weighted by Crippen LogP contribution is 2.26. The molecule has 0 atom stereocenters. The number of nitrogens with one attached hydrogen (secondary N) is 2. The number of aromatic amines is 1. The van der Waals surface area contributed by atoms with Gasteiger partial charge >= 0.3 is 0 Å². The van der Waals surface area contributed by atoms with Gasteiger partial charge in [0, 0.05) is 24.2 Å². The molecular formula is C16H14N4O. The number of pyridine rings is 1. The van der Waals surface area contributed by atoms with Gasteiger partial charge in [0.2, 0.25) is 0 Å². The number of nitrogens with zero attached hydrogens (tertiary/aromatic N) is 2. The summed E-state index contributed by atoms with van der Waals surface area (Å²) in [6.45, 7) is 0. The van der Waals surface area contributed by atoms with E-state index in [-0.39, 0.29) is 0 Å². The Bertz CT molecular complexity index is 794. The van der Waals surface area contributed by atoms with Crippen molar-refractivity contribution >= 4 is 16.7 Å². The van der Waals surface area contributed by atoms with Gasteiger partial charge < -0.3 is 9.82 Å². The third-order valence-electron chi connectivity index (χ3n) is 3.47. The summed E-state index contributed by atoms with van der Waals surface area (Å²) in [6, 6.07) is 14.2. The number of hydrogen-bond donors (Lipinski definition) is 2. The molecule has 0 spiro atoms. The first kappa shape index (κ1) is 12.0. The van der Waals surface area contributed by atoms with Crippen LogP contribution in [0.4, 0.5) is 5.69 Å². The van der Waals surface area contributed by atoms with Crippen LogP contribution in [0.25, 0.3) is 11.0 Å². The maximum atomic E-state index is 5.56. The van der Waals surface area contributed by atoms with Crippen LogP contribution in [0.15, 0.2) is 66.8 Å². The molecule has 0 aliphatic carbocycles. The Balaban J connectivity index is 1.61. The predicted molar refractivity (Wildman–Crippen MR) is 81.0 cm³/mol. The van der Waals surface area contributed by atoms with Gasteiger partial charge in [0.05, 0.1) is 11.9 Å². The number of rotatable bonds is 3. The maximum absolute atomic E-state index is 5.56. The fraction of sp³-hybridized carbons (Fsp3) is 0.0625. The van der Waals surface area contributed by atoms with E-state index in [1.54, 1.807) is 6.20 Å². The van der Waals surface area contributed by atoms with E-state index in [9.17, 15) is 0 Å². The minimum atomic E-state index is 0.756. The van der Waals surface area contributed by atoms with Crippen LogP contribution >= 0.6 is 0 Å². The summed E-state index contributed by atoms with van der Waals surface area (Å²) in [5, 5.41) is 2.92. The second-order valence-corrected chi connectivity index (χ2v) is 4.89. The van der Waals surface area contributed by atoms with Crippen molar-refractivity contribution in [2.75, 3.05) is 5.01 Å². The quantitative estimate of drug-likeness (QED) is 0.773. The van der Waals surface area contributed by atoms with Crippen molar-refractivity contribution in [3.05, 3.63) is 72.4 Å². The number of fused-ring (bicyclic) bond motifs is 1. The maximum Gasteiger partial charge on any atom is 0.148 e. The van der Waals surface area contributed by atoms with Gasteiger partial charge in [0.1, 0.15) is 11.4 Å². The summed E-state index contributed by atoms with van der Waals surface area (Å²) >= 11 is 0. The molecule has 104 valence electrons. The standard InChI is InChI=1S/C16H14N4O/c1-2-4-12(5-3-1)10-13-11-20(19-21-13)15-7-9-18-16-14(15)6-8-17-16/h1-9,11,19H,10H2,(H,17,18). The molecular weight excluding hydrogens is 264 g/mol. The van der Waals surface area contributed by atoms with Crippen LogP contribution in [0, 0.1) is 0 Å². The average molecular weight is 278 g/mol. The first-order chi connectivity index (χ1) is 10.4. The average Bonchev–Trinajstić information content (AvgIpc) is 3.16. The molecule has 0 saturated heterocycles. The first-order valence-corrected chi connectivity index (χ1v) is 6.78. The van der Waals surface area contributed by atoms with Crippen LogP contribution in [0.1, 0.15) is 5.56 Å². The number of hydrazine groups is 1.